The summed E-state index contributed by atoms with van der Waals surface area (Å²) >= 11 is 0. The maximum Gasteiger partial charge on any atom is 0.326 e. The number of aromatic nitrogens is 1. The molecule has 6 heteroatoms. The molecule has 1 atom stereocenters. The van der Waals surface area contributed by atoms with Crippen molar-refractivity contribution in [2.24, 2.45) is 5.92 Å². The number of aliphatic carboxylic acids is 1. The van der Waals surface area contributed by atoms with E-state index in [2.05, 4.69) is 10.3 Å². The fourth-order valence-electron chi connectivity index (χ4n) is 2.01. The van der Waals surface area contributed by atoms with Crippen LogP contribution >= 0.6 is 0 Å². The van der Waals surface area contributed by atoms with Crippen molar-refractivity contribution in [1.29, 1.82) is 0 Å². The summed E-state index contributed by atoms with van der Waals surface area (Å²) in [5.74, 6) is -1.04. The molecule has 0 aliphatic rings. The fraction of sp³-hybridized carbons (Fsp3) is 0.400. The Balaban J connectivity index is 1.93. The van der Waals surface area contributed by atoms with E-state index in [-0.39, 0.29) is 18.2 Å². The van der Waals surface area contributed by atoms with E-state index in [1.54, 1.807) is 13.8 Å². The molecule has 0 aliphatic carbocycles. The smallest absolute Gasteiger partial charge is 0.326 e. The van der Waals surface area contributed by atoms with Gasteiger partial charge in [-0.25, -0.2) is 9.78 Å². The predicted octanol–water partition coefficient (Wildman–Crippen LogP) is 1.99. The Labute approximate surface area is 122 Å². The molecule has 0 radical (unpaired) electrons. The number of nitrogens with one attached hydrogen (secondary N) is 1. The van der Waals surface area contributed by atoms with Gasteiger partial charge >= 0.3 is 5.97 Å². The predicted molar refractivity (Wildman–Crippen MR) is 76.7 cm³/mol. The molecule has 0 bridgehead atoms. The number of amides is 1. The van der Waals surface area contributed by atoms with Gasteiger partial charge in [0.2, 0.25) is 5.91 Å². The van der Waals surface area contributed by atoms with Gasteiger partial charge in [0.25, 0.3) is 0 Å². The average Bonchev–Trinajstić information content (AvgIpc) is 2.84. The van der Waals surface area contributed by atoms with Crippen molar-refractivity contribution in [2.45, 2.75) is 32.7 Å². The number of para-hydroxylation sites is 2. The van der Waals surface area contributed by atoms with Crippen LogP contribution in [-0.2, 0) is 16.0 Å². The van der Waals surface area contributed by atoms with Crippen LogP contribution in [-0.4, -0.2) is 28.0 Å². The molecule has 2 N–H and O–H groups in total. The van der Waals surface area contributed by atoms with Crippen molar-refractivity contribution >= 4 is 23.0 Å². The Morgan fingerprint density at radius 2 is 2.05 bits per heavy atom. The first kappa shape index (κ1) is 15.0. The Hall–Kier alpha value is -2.37. The number of fused-ring (bicyclic) bond motifs is 1. The topological polar surface area (TPSA) is 92.4 Å². The molecule has 0 fully saturated rings. The average molecular weight is 290 g/mol. The second-order valence-electron chi connectivity index (χ2n) is 5.20. The highest BCUT2D eigenvalue weighted by Gasteiger charge is 2.23. The number of hydrogen-bond donors (Lipinski definition) is 2. The summed E-state index contributed by atoms with van der Waals surface area (Å²) in [7, 11) is 0. The molecule has 1 aromatic heterocycles. The summed E-state index contributed by atoms with van der Waals surface area (Å²) < 4.78 is 5.51. The summed E-state index contributed by atoms with van der Waals surface area (Å²) in [6, 6.07) is 6.49. The van der Waals surface area contributed by atoms with Crippen LogP contribution in [0, 0.1) is 5.92 Å². The number of nitrogens with zero attached hydrogens (tertiary/aromatic N) is 1. The van der Waals surface area contributed by atoms with E-state index in [1.165, 1.54) is 0 Å². The van der Waals surface area contributed by atoms with Gasteiger partial charge in [-0.15, -0.1) is 0 Å². The Morgan fingerprint density at radius 3 is 2.67 bits per heavy atom. The molecule has 21 heavy (non-hydrogen) atoms. The number of benzene rings is 1. The lowest BCUT2D eigenvalue weighted by Gasteiger charge is -2.17. The number of aryl methyl sites for hydroxylation is 1. The zero-order chi connectivity index (χ0) is 15.4. The van der Waals surface area contributed by atoms with Gasteiger partial charge in [-0.2, -0.15) is 0 Å². The van der Waals surface area contributed by atoms with Gasteiger partial charge < -0.3 is 14.8 Å². The van der Waals surface area contributed by atoms with Crippen molar-refractivity contribution in [3.05, 3.63) is 30.2 Å². The number of carbonyl (C=O) groups is 2. The van der Waals surface area contributed by atoms with E-state index < -0.39 is 12.0 Å². The largest absolute Gasteiger partial charge is 0.480 e. The molecule has 112 valence electrons. The molecular weight excluding hydrogens is 272 g/mol. The van der Waals surface area contributed by atoms with Gasteiger partial charge in [0, 0.05) is 12.8 Å². The second-order valence-corrected chi connectivity index (χ2v) is 5.20. The lowest BCUT2D eigenvalue weighted by atomic mass is 10.0. The Bertz CT molecular complexity index is 615. The Morgan fingerprint density at radius 1 is 1.33 bits per heavy atom. The molecule has 0 spiro atoms. The van der Waals surface area contributed by atoms with Crippen LogP contribution in [0.2, 0.25) is 0 Å². The lowest BCUT2D eigenvalue weighted by Crippen LogP contribution is -2.44. The van der Waals surface area contributed by atoms with Crippen LogP contribution in [0.5, 0.6) is 0 Å². The lowest BCUT2D eigenvalue weighted by molar-refractivity contribution is -0.143. The molecule has 2 aromatic rings. The van der Waals surface area contributed by atoms with Gasteiger partial charge in [-0.3, -0.25) is 4.79 Å². The molecular formula is C15H18N2O4. The van der Waals surface area contributed by atoms with E-state index in [1.807, 2.05) is 24.3 Å². The standard InChI is InChI=1S/C15H18N2O4/c1-9(2)14(15(19)20)17-12(18)7-8-13-16-10-5-3-4-6-11(10)21-13/h3-6,9,14H,7-8H2,1-2H3,(H,17,18)(H,19,20). The summed E-state index contributed by atoms with van der Waals surface area (Å²) in [4.78, 5) is 27.1. The van der Waals surface area contributed by atoms with Crippen LogP contribution in [0.15, 0.2) is 28.7 Å². The molecule has 1 unspecified atom stereocenters. The quantitative estimate of drug-likeness (QED) is 0.848. The van der Waals surface area contributed by atoms with E-state index in [9.17, 15) is 9.59 Å². The second kappa shape index (κ2) is 6.39. The first-order valence-electron chi connectivity index (χ1n) is 6.84. The van der Waals surface area contributed by atoms with Crippen molar-refractivity contribution in [3.8, 4) is 0 Å². The normalized spacial score (nSPS) is 12.5. The van der Waals surface area contributed by atoms with Crippen LogP contribution < -0.4 is 5.32 Å². The van der Waals surface area contributed by atoms with Gasteiger partial charge in [-0.05, 0) is 18.1 Å². The Kier molecular flexibility index (Phi) is 4.57. The van der Waals surface area contributed by atoms with Crippen molar-refractivity contribution in [2.75, 3.05) is 0 Å². The summed E-state index contributed by atoms with van der Waals surface area (Å²) in [6.07, 6.45) is 0.480. The molecule has 1 aromatic carbocycles. The highest BCUT2D eigenvalue weighted by Crippen LogP contribution is 2.15. The number of hydrogen-bond acceptors (Lipinski definition) is 4. The fourth-order valence-corrected chi connectivity index (χ4v) is 2.01. The molecule has 0 saturated carbocycles. The third kappa shape index (κ3) is 3.81. The highest BCUT2D eigenvalue weighted by atomic mass is 16.4. The molecule has 2 rings (SSSR count). The molecule has 0 aliphatic heterocycles. The summed E-state index contributed by atoms with van der Waals surface area (Å²) in [5, 5.41) is 11.5. The van der Waals surface area contributed by atoms with E-state index in [4.69, 9.17) is 9.52 Å². The first-order chi connectivity index (χ1) is 9.97. The molecule has 6 nitrogen and oxygen atoms in total. The van der Waals surface area contributed by atoms with Gasteiger partial charge in [0.1, 0.15) is 11.6 Å². The molecule has 1 amide bonds. The first-order valence-corrected chi connectivity index (χ1v) is 6.84. The van der Waals surface area contributed by atoms with Gasteiger partial charge in [0.15, 0.2) is 11.5 Å². The van der Waals surface area contributed by atoms with Crippen molar-refractivity contribution in [1.82, 2.24) is 10.3 Å². The number of oxazole rings is 1. The maximum atomic E-state index is 11.8. The van der Waals surface area contributed by atoms with Crippen molar-refractivity contribution < 1.29 is 19.1 Å². The number of rotatable bonds is 6. The minimum absolute atomic E-state index is 0.142. The monoisotopic (exact) mass is 290 g/mol. The minimum Gasteiger partial charge on any atom is -0.480 e. The van der Waals surface area contributed by atoms with Crippen LogP contribution in [0.1, 0.15) is 26.2 Å². The van der Waals surface area contributed by atoms with Crippen molar-refractivity contribution in [3.63, 3.8) is 0 Å². The van der Waals surface area contributed by atoms with E-state index in [0.717, 1.165) is 5.52 Å². The number of carbonyl (C=O) groups excluding carboxylic acids is 1. The van der Waals surface area contributed by atoms with E-state index >= 15 is 0 Å². The molecule has 1 heterocycles. The van der Waals surface area contributed by atoms with Gasteiger partial charge in [-0.1, -0.05) is 26.0 Å². The summed E-state index contributed by atoms with van der Waals surface area (Å²) in [6.45, 7) is 3.50. The van der Waals surface area contributed by atoms with Gasteiger partial charge in [0.05, 0.1) is 0 Å². The molecule has 0 saturated heterocycles. The van der Waals surface area contributed by atoms with Crippen LogP contribution in [0.4, 0.5) is 0 Å². The summed E-state index contributed by atoms with van der Waals surface area (Å²) in [5.41, 5.74) is 1.43. The maximum absolute atomic E-state index is 11.8. The highest BCUT2D eigenvalue weighted by molar-refractivity contribution is 5.83. The number of carboxylic acid groups (broad SMARTS) is 1. The van der Waals surface area contributed by atoms with Crippen LogP contribution in [0.25, 0.3) is 11.1 Å². The third-order valence-corrected chi connectivity index (χ3v) is 3.15. The van der Waals surface area contributed by atoms with E-state index in [0.29, 0.717) is 17.9 Å². The number of carboxylic acids is 1. The van der Waals surface area contributed by atoms with Crippen LogP contribution in [0.3, 0.4) is 0 Å². The zero-order valence-electron chi connectivity index (χ0n) is 12.0. The third-order valence-electron chi connectivity index (χ3n) is 3.15. The minimum atomic E-state index is -1.03. The zero-order valence-corrected chi connectivity index (χ0v) is 12.0. The SMILES string of the molecule is CC(C)C(NC(=O)CCc1nc2ccccc2o1)C(=O)O.